The van der Waals surface area contributed by atoms with Gasteiger partial charge in [-0.05, 0) is 35.9 Å². The number of hydrogen-bond acceptors (Lipinski definition) is 5. The molecule has 0 aliphatic carbocycles. The molecule has 4 rings (SSSR count). The number of carbonyl (C=O) groups excluding carboxylic acids is 3. The van der Waals surface area contributed by atoms with Crippen molar-refractivity contribution in [1.82, 2.24) is 4.90 Å². The van der Waals surface area contributed by atoms with E-state index in [0.717, 1.165) is 16.0 Å². The van der Waals surface area contributed by atoms with E-state index in [1.54, 1.807) is 42.1 Å². The van der Waals surface area contributed by atoms with Gasteiger partial charge in [0.2, 0.25) is 11.8 Å². The number of likely N-dealkylation sites (tertiary alicyclic amines) is 1. The number of amides is 3. The minimum atomic E-state index is -0.318. The minimum Gasteiger partial charge on any atom is -0.459 e. The number of benzene rings is 2. The fourth-order valence-electron chi connectivity index (χ4n) is 3.19. The second-order valence-electron chi connectivity index (χ2n) is 6.90. The van der Waals surface area contributed by atoms with E-state index < -0.39 is 0 Å². The molecule has 6 nitrogen and oxygen atoms in total. The first-order valence-corrected chi connectivity index (χ1v) is 10.6. The highest BCUT2D eigenvalue weighted by Crippen LogP contribution is 2.25. The SMILES string of the molecule is O=C(Nc1ccc(CN2C(=O)CCC2=O)cc1)c1occc1CSc1ccccc1. The molecule has 30 heavy (non-hydrogen) atoms. The summed E-state index contributed by atoms with van der Waals surface area (Å²) in [7, 11) is 0. The maximum Gasteiger partial charge on any atom is 0.291 e. The zero-order valence-corrected chi connectivity index (χ0v) is 17.0. The number of nitrogens with one attached hydrogen (secondary N) is 1. The molecular weight excluding hydrogens is 400 g/mol. The smallest absolute Gasteiger partial charge is 0.291 e. The molecule has 1 aliphatic heterocycles. The molecule has 1 saturated heterocycles. The van der Waals surface area contributed by atoms with Gasteiger partial charge in [0.15, 0.2) is 5.76 Å². The third-order valence-corrected chi connectivity index (χ3v) is 5.86. The van der Waals surface area contributed by atoms with E-state index in [1.165, 1.54) is 11.2 Å². The molecule has 0 atom stereocenters. The Kier molecular flexibility index (Phi) is 5.99. The van der Waals surface area contributed by atoms with Crippen LogP contribution in [0.3, 0.4) is 0 Å². The third kappa shape index (κ3) is 4.63. The molecule has 1 N–H and O–H groups in total. The molecule has 1 aromatic heterocycles. The van der Waals surface area contributed by atoms with Crippen molar-refractivity contribution < 1.29 is 18.8 Å². The van der Waals surface area contributed by atoms with Crippen molar-refractivity contribution in [2.24, 2.45) is 0 Å². The van der Waals surface area contributed by atoms with E-state index in [0.29, 0.717) is 11.4 Å². The van der Waals surface area contributed by atoms with Gasteiger partial charge >= 0.3 is 0 Å². The van der Waals surface area contributed by atoms with Gasteiger partial charge in [-0.15, -0.1) is 11.8 Å². The molecule has 0 radical (unpaired) electrons. The zero-order valence-electron chi connectivity index (χ0n) is 16.2. The van der Waals surface area contributed by atoms with Gasteiger partial charge in [0.05, 0.1) is 12.8 Å². The summed E-state index contributed by atoms with van der Waals surface area (Å²) in [5.41, 5.74) is 2.26. The second kappa shape index (κ2) is 9.00. The number of hydrogen-bond donors (Lipinski definition) is 1. The minimum absolute atomic E-state index is 0.142. The van der Waals surface area contributed by atoms with Gasteiger partial charge in [-0.3, -0.25) is 19.3 Å². The van der Waals surface area contributed by atoms with Gasteiger partial charge in [-0.2, -0.15) is 0 Å². The van der Waals surface area contributed by atoms with Crippen molar-refractivity contribution >= 4 is 35.2 Å². The Morgan fingerprint density at radius 2 is 1.67 bits per heavy atom. The van der Waals surface area contributed by atoms with Crippen LogP contribution in [0.2, 0.25) is 0 Å². The van der Waals surface area contributed by atoms with Crippen LogP contribution in [0.4, 0.5) is 5.69 Å². The predicted octanol–water partition coefficient (Wildman–Crippen LogP) is 4.47. The van der Waals surface area contributed by atoms with Gasteiger partial charge in [-0.25, -0.2) is 0 Å². The number of anilines is 1. The van der Waals surface area contributed by atoms with E-state index in [-0.39, 0.29) is 42.9 Å². The molecule has 2 heterocycles. The Morgan fingerprint density at radius 3 is 2.37 bits per heavy atom. The van der Waals surface area contributed by atoms with Crippen LogP contribution in [0.15, 0.2) is 76.2 Å². The average molecular weight is 420 g/mol. The number of imide groups is 1. The molecule has 0 unspecified atom stereocenters. The largest absolute Gasteiger partial charge is 0.459 e. The Balaban J connectivity index is 1.37. The summed E-state index contributed by atoms with van der Waals surface area (Å²) in [6.45, 7) is 0.255. The Morgan fingerprint density at radius 1 is 0.967 bits per heavy atom. The molecule has 2 aromatic carbocycles. The van der Waals surface area contributed by atoms with E-state index >= 15 is 0 Å². The van der Waals surface area contributed by atoms with Crippen LogP contribution in [0.25, 0.3) is 0 Å². The summed E-state index contributed by atoms with van der Waals surface area (Å²) in [4.78, 5) is 38.5. The zero-order chi connectivity index (χ0) is 20.9. The molecule has 0 saturated carbocycles. The molecule has 1 fully saturated rings. The molecule has 152 valence electrons. The maximum absolute atomic E-state index is 12.6. The summed E-state index contributed by atoms with van der Waals surface area (Å²) in [6.07, 6.45) is 2.07. The molecular formula is C23H20N2O4S. The van der Waals surface area contributed by atoms with Crippen molar-refractivity contribution in [2.45, 2.75) is 30.0 Å². The van der Waals surface area contributed by atoms with Crippen molar-refractivity contribution in [2.75, 3.05) is 5.32 Å². The molecule has 0 bridgehead atoms. The molecule has 7 heteroatoms. The lowest BCUT2D eigenvalue weighted by Gasteiger charge is -2.14. The maximum atomic E-state index is 12.6. The average Bonchev–Trinajstić information content (AvgIpc) is 3.36. The quantitative estimate of drug-likeness (QED) is 0.451. The Labute approximate surface area is 178 Å². The van der Waals surface area contributed by atoms with Crippen LogP contribution in [-0.4, -0.2) is 22.6 Å². The summed E-state index contributed by atoms with van der Waals surface area (Å²) in [6, 6.07) is 18.9. The van der Waals surface area contributed by atoms with Crippen LogP contribution >= 0.6 is 11.8 Å². The lowest BCUT2D eigenvalue weighted by Crippen LogP contribution is -2.28. The predicted molar refractivity (Wildman–Crippen MR) is 114 cm³/mol. The van der Waals surface area contributed by atoms with Crippen LogP contribution in [-0.2, 0) is 21.9 Å². The van der Waals surface area contributed by atoms with Crippen molar-refractivity contribution in [1.29, 1.82) is 0 Å². The van der Waals surface area contributed by atoms with Crippen molar-refractivity contribution in [3.8, 4) is 0 Å². The van der Waals surface area contributed by atoms with Gasteiger partial charge in [0.25, 0.3) is 5.91 Å². The lowest BCUT2D eigenvalue weighted by molar-refractivity contribution is -0.139. The normalized spacial score (nSPS) is 13.7. The highest BCUT2D eigenvalue weighted by atomic mass is 32.2. The molecule has 0 spiro atoms. The Bertz CT molecular complexity index is 1040. The van der Waals surface area contributed by atoms with Crippen molar-refractivity contribution in [3.05, 3.63) is 83.8 Å². The second-order valence-corrected chi connectivity index (χ2v) is 7.95. The lowest BCUT2D eigenvalue weighted by atomic mass is 10.2. The Hall–Kier alpha value is -3.32. The van der Waals surface area contributed by atoms with Crippen LogP contribution < -0.4 is 5.32 Å². The van der Waals surface area contributed by atoms with E-state index in [2.05, 4.69) is 5.32 Å². The van der Waals surface area contributed by atoms with E-state index in [1.807, 2.05) is 30.3 Å². The summed E-state index contributed by atoms with van der Waals surface area (Å²) >= 11 is 1.63. The highest BCUT2D eigenvalue weighted by Gasteiger charge is 2.28. The molecule has 1 aliphatic rings. The summed E-state index contributed by atoms with van der Waals surface area (Å²) < 4.78 is 5.42. The number of rotatable bonds is 7. The van der Waals surface area contributed by atoms with Crippen molar-refractivity contribution in [3.63, 3.8) is 0 Å². The first kappa shape index (κ1) is 20.0. The number of carbonyl (C=O) groups is 3. The topological polar surface area (TPSA) is 79.6 Å². The van der Waals surface area contributed by atoms with Crippen LogP contribution in [0.1, 0.15) is 34.5 Å². The van der Waals surface area contributed by atoms with Crippen LogP contribution in [0, 0.1) is 0 Å². The van der Waals surface area contributed by atoms with Gasteiger partial charge in [0, 0.05) is 34.7 Å². The number of thioether (sulfide) groups is 1. The van der Waals surface area contributed by atoms with Gasteiger partial charge < -0.3 is 9.73 Å². The fourth-order valence-corrected chi connectivity index (χ4v) is 4.09. The van der Waals surface area contributed by atoms with Gasteiger partial charge in [0.1, 0.15) is 0 Å². The standard InChI is InChI=1S/C23H20N2O4S/c26-20-10-11-21(27)25(20)14-16-6-8-18(9-7-16)24-23(28)22-17(12-13-29-22)15-30-19-4-2-1-3-5-19/h1-9,12-13H,10-11,14-15H2,(H,24,28). The van der Waals surface area contributed by atoms with E-state index in [9.17, 15) is 14.4 Å². The van der Waals surface area contributed by atoms with E-state index in [4.69, 9.17) is 4.42 Å². The first-order chi connectivity index (χ1) is 14.6. The first-order valence-electron chi connectivity index (χ1n) is 9.58. The summed E-state index contributed by atoms with van der Waals surface area (Å²) in [5, 5.41) is 2.83. The van der Waals surface area contributed by atoms with Crippen LogP contribution in [0.5, 0.6) is 0 Å². The summed E-state index contributed by atoms with van der Waals surface area (Å²) in [5.74, 6) is 0.310. The molecule has 3 amide bonds. The highest BCUT2D eigenvalue weighted by molar-refractivity contribution is 7.98. The number of furan rings is 1. The number of nitrogens with zero attached hydrogens (tertiary/aromatic N) is 1. The monoisotopic (exact) mass is 420 g/mol. The third-order valence-electron chi connectivity index (χ3n) is 4.80. The van der Waals surface area contributed by atoms with Gasteiger partial charge in [-0.1, -0.05) is 30.3 Å². The fraction of sp³-hybridized carbons (Fsp3) is 0.174. The molecule has 3 aromatic rings.